The number of nitrogens with one attached hydrogen (secondary N) is 1. The first kappa shape index (κ1) is 17.0. The van der Waals surface area contributed by atoms with Crippen LogP contribution in [0.4, 0.5) is 0 Å². The van der Waals surface area contributed by atoms with E-state index in [0.29, 0.717) is 5.01 Å². The van der Waals surface area contributed by atoms with Gasteiger partial charge in [-0.3, -0.25) is 9.59 Å². The summed E-state index contributed by atoms with van der Waals surface area (Å²) in [5.41, 5.74) is 1.08. The van der Waals surface area contributed by atoms with Gasteiger partial charge in [0.05, 0.1) is 6.10 Å². The molecule has 0 saturated heterocycles. The topological polar surface area (TPSA) is 88.5 Å². The fraction of sp³-hybridized carbons (Fsp3) is 0.312. The van der Waals surface area contributed by atoms with Crippen molar-refractivity contribution in [3.63, 3.8) is 0 Å². The molecule has 2 aromatic rings. The quantitative estimate of drug-likeness (QED) is 0.848. The Morgan fingerprint density at radius 2 is 1.87 bits per heavy atom. The molecule has 6 nitrogen and oxygen atoms in total. The molecule has 1 aromatic carbocycles. The van der Waals surface area contributed by atoms with Gasteiger partial charge in [-0.05, 0) is 45.0 Å². The van der Waals surface area contributed by atoms with E-state index >= 15 is 0 Å². The highest BCUT2D eigenvalue weighted by Gasteiger charge is 2.17. The molecule has 1 atom stereocenters. The van der Waals surface area contributed by atoms with Crippen LogP contribution < -0.4 is 10.1 Å². The molecule has 0 bridgehead atoms. The molecule has 2 N–H and O–H groups in total. The van der Waals surface area contributed by atoms with Crippen molar-refractivity contribution in [3.8, 4) is 16.3 Å². The zero-order chi connectivity index (χ0) is 17.0. The summed E-state index contributed by atoms with van der Waals surface area (Å²) in [7, 11) is 0. The van der Waals surface area contributed by atoms with E-state index in [-0.39, 0.29) is 11.8 Å². The highest BCUT2D eigenvalue weighted by Crippen LogP contribution is 2.26. The van der Waals surface area contributed by atoms with Crippen LogP contribution in [0.15, 0.2) is 29.6 Å². The summed E-state index contributed by atoms with van der Waals surface area (Å²) in [6.45, 7) is 5.32. The molecule has 0 spiro atoms. The Balaban J connectivity index is 2.09. The highest BCUT2D eigenvalue weighted by molar-refractivity contribution is 7.13. The van der Waals surface area contributed by atoms with Crippen molar-refractivity contribution in [2.45, 2.75) is 32.9 Å². The fourth-order valence-corrected chi connectivity index (χ4v) is 2.60. The Bertz CT molecular complexity index is 694. The predicted molar refractivity (Wildman–Crippen MR) is 87.9 cm³/mol. The maximum absolute atomic E-state index is 11.9. The molecule has 0 radical (unpaired) electrons. The minimum Gasteiger partial charge on any atom is -0.491 e. The van der Waals surface area contributed by atoms with Crippen LogP contribution in [0.5, 0.6) is 5.75 Å². The number of carboxylic acids is 1. The van der Waals surface area contributed by atoms with Crippen molar-refractivity contribution in [3.05, 3.63) is 35.3 Å². The molecule has 23 heavy (non-hydrogen) atoms. The summed E-state index contributed by atoms with van der Waals surface area (Å²) < 4.78 is 5.58. The molecule has 1 heterocycles. The van der Waals surface area contributed by atoms with Crippen LogP contribution in [0.25, 0.3) is 10.6 Å². The van der Waals surface area contributed by atoms with Crippen LogP contribution in [-0.2, 0) is 4.79 Å². The van der Waals surface area contributed by atoms with Gasteiger partial charge in [-0.2, -0.15) is 0 Å². The van der Waals surface area contributed by atoms with Gasteiger partial charge in [-0.1, -0.05) is 0 Å². The smallest absolute Gasteiger partial charge is 0.325 e. The number of hydrogen-bond acceptors (Lipinski definition) is 5. The zero-order valence-electron chi connectivity index (χ0n) is 13.1. The molecule has 122 valence electrons. The first-order chi connectivity index (χ1) is 10.9. The van der Waals surface area contributed by atoms with Gasteiger partial charge in [0.1, 0.15) is 22.5 Å². The molecular formula is C16H18N2O4S. The average molecular weight is 334 g/mol. The highest BCUT2D eigenvalue weighted by atomic mass is 32.1. The van der Waals surface area contributed by atoms with E-state index in [1.165, 1.54) is 18.3 Å². The third-order valence-electron chi connectivity index (χ3n) is 2.93. The van der Waals surface area contributed by atoms with Crippen molar-refractivity contribution in [2.75, 3.05) is 0 Å². The number of hydrogen-bond donors (Lipinski definition) is 2. The van der Waals surface area contributed by atoms with E-state index in [4.69, 9.17) is 9.84 Å². The number of aromatic nitrogens is 1. The molecule has 1 aromatic heterocycles. The lowest BCUT2D eigenvalue weighted by molar-refractivity contribution is -0.138. The Kier molecular flexibility index (Phi) is 5.33. The second kappa shape index (κ2) is 7.23. The maximum Gasteiger partial charge on any atom is 0.325 e. The van der Waals surface area contributed by atoms with Crippen molar-refractivity contribution < 1.29 is 19.4 Å². The van der Waals surface area contributed by atoms with Crippen LogP contribution >= 0.6 is 11.3 Å². The molecule has 0 saturated carbocycles. The van der Waals surface area contributed by atoms with E-state index in [1.807, 2.05) is 38.1 Å². The van der Waals surface area contributed by atoms with Gasteiger partial charge in [0.15, 0.2) is 0 Å². The lowest BCUT2D eigenvalue weighted by Gasteiger charge is -2.09. The predicted octanol–water partition coefficient (Wildman–Crippen LogP) is 2.80. The second-order valence-electron chi connectivity index (χ2n) is 5.26. The third-order valence-corrected chi connectivity index (χ3v) is 3.82. The van der Waals surface area contributed by atoms with Gasteiger partial charge in [-0.15, -0.1) is 11.3 Å². The maximum atomic E-state index is 11.9. The lowest BCUT2D eigenvalue weighted by atomic mass is 10.2. The number of carbonyl (C=O) groups excluding carboxylic acids is 1. The van der Waals surface area contributed by atoms with Crippen LogP contribution in [-0.4, -0.2) is 34.1 Å². The first-order valence-electron chi connectivity index (χ1n) is 7.13. The van der Waals surface area contributed by atoms with Crippen LogP contribution in [0, 0.1) is 0 Å². The number of ether oxygens (including phenoxy) is 1. The molecule has 7 heteroatoms. The number of carbonyl (C=O) groups is 2. The van der Waals surface area contributed by atoms with Gasteiger partial charge in [0.25, 0.3) is 5.91 Å². The summed E-state index contributed by atoms with van der Waals surface area (Å²) in [4.78, 5) is 26.9. The molecule has 1 amide bonds. The van der Waals surface area contributed by atoms with E-state index < -0.39 is 17.9 Å². The minimum atomic E-state index is -1.09. The number of thiazole rings is 1. The van der Waals surface area contributed by atoms with Gasteiger partial charge >= 0.3 is 5.97 Å². The molecular weight excluding hydrogens is 316 g/mol. The Morgan fingerprint density at radius 1 is 1.22 bits per heavy atom. The summed E-state index contributed by atoms with van der Waals surface area (Å²) in [5.74, 6) is -0.815. The lowest BCUT2D eigenvalue weighted by Crippen LogP contribution is -2.38. The van der Waals surface area contributed by atoms with E-state index in [0.717, 1.165) is 11.3 Å². The third kappa shape index (κ3) is 4.53. The summed E-state index contributed by atoms with van der Waals surface area (Å²) in [6.07, 6.45) is 0.104. The molecule has 0 aliphatic rings. The number of carboxylic acid groups (broad SMARTS) is 1. The van der Waals surface area contributed by atoms with E-state index in [9.17, 15) is 9.59 Å². The molecule has 2 rings (SSSR count). The fourth-order valence-electron chi connectivity index (χ4n) is 1.79. The SMILES string of the molecule is CC(C)Oc1ccc(-c2nc(C(=O)NC(C)C(=O)O)cs2)cc1. The largest absolute Gasteiger partial charge is 0.491 e. The van der Waals surface area contributed by atoms with Crippen LogP contribution in [0.3, 0.4) is 0 Å². The molecule has 1 unspecified atom stereocenters. The van der Waals surface area contributed by atoms with Gasteiger partial charge in [0, 0.05) is 10.9 Å². The number of nitrogens with zero attached hydrogens (tertiary/aromatic N) is 1. The number of aliphatic carboxylic acids is 1. The molecule has 0 aliphatic heterocycles. The second-order valence-corrected chi connectivity index (χ2v) is 6.12. The van der Waals surface area contributed by atoms with E-state index in [2.05, 4.69) is 10.3 Å². The Hall–Kier alpha value is -2.41. The standard InChI is InChI=1S/C16H18N2O4S/c1-9(2)22-12-6-4-11(5-7-12)15-18-13(8-23-15)14(19)17-10(3)16(20)21/h4-10H,1-3H3,(H,17,19)(H,20,21). The number of amides is 1. The molecule has 0 fully saturated rings. The van der Waals surface area contributed by atoms with Crippen molar-refractivity contribution in [1.82, 2.24) is 10.3 Å². The first-order valence-corrected chi connectivity index (χ1v) is 8.01. The number of rotatable bonds is 6. The average Bonchev–Trinajstić information content (AvgIpc) is 2.97. The molecule has 0 aliphatic carbocycles. The normalized spacial score (nSPS) is 12.0. The van der Waals surface area contributed by atoms with Gasteiger partial charge in [-0.25, -0.2) is 4.98 Å². The van der Waals surface area contributed by atoms with Crippen LogP contribution in [0.1, 0.15) is 31.3 Å². The van der Waals surface area contributed by atoms with E-state index in [1.54, 1.807) is 5.38 Å². The Labute approximate surface area is 138 Å². The monoisotopic (exact) mass is 334 g/mol. The summed E-state index contributed by atoms with van der Waals surface area (Å²) in [5, 5.41) is 13.5. The zero-order valence-corrected chi connectivity index (χ0v) is 13.9. The van der Waals surface area contributed by atoms with Crippen molar-refractivity contribution in [2.24, 2.45) is 0 Å². The van der Waals surface area contributed by atoms with Gasteiger partial charge < -0.3 is 15.2 Å². The number of benzene rings is 1. The van der Waals surface area contributed by atoms with Crippen molar-refractivity contribution in [1.29, 1.82) is 0 Å². The van der Waals surface area contributed by atoms with Crippen molar-refractivity contribution >= 4 is 23.2 Å². The minimum absolute atomic E-state index is 0.104. The van der Waals surface area contributed by atoms with Crippen LogP contribution in [0.2, 0.25) is 0 Å². The summed E-state index contributed by atoms with van der Waals surface area (Å²) in [6, 6.07) is 6.49. The Morgan fingerprint density at radius 3 is 2.43 bits per heavy atom. The summed E-state index contributed by atoms with van der Waals surface area (Å²) >= 11 is 1.33. The van der Waals surface area contributed by atoms with Gasteiger partial charge in [0.2, 0.25) is 0 Å².